The van der Waals surface area contributed by atoms with Gasteiger partial charge in [0.1, 0.15) is 5.75 Å². The normalized spacial score (nSPS) is 11.6. The number of hydrogen-bond donors (Lipinski definition) is 2. The highest BCUT2D eigenvalue weighted by molar-refractivity contribution is 14.0. The van der Waals surface area contributed by atoms with Crippen molar-refractivity contribution in [3.63, 3.8) is 0 Å². The van der Waals surface area contributed by atoms with Crippen molar-refractivity contribution in [1.29, 1.82) is 0 Å². The molecule has 0 aliphatic carbocycles. The van der Waals surface area contributed by atoms with Crippen molar-refractivity contribution in [3.8, 4) is 5.75 Å². The standard InChI is InChI=1S/C15H22F3N3O.HI/c1-12-4-6-13(7-5-12)22-11-3-9-20-14(19-2)21-10-8-15(16,17)18;/h4-7H,3,8-11H2,1-2H3,(H2,19,20,21);1H. The molecule has 1 aromatic rings. The Labute approximate surface area is 151 Å². The number of benzene rings is 1. The van der Waals surface area contributed by atoms with Crippen molar-refractivity contribution >= 4 is 29.9 Å². The molecule has 4 nitrogen and oxygen atoms in total. The van der Waals surface area contributed by atoms with Gasteiger partial charge in [-0.2, -0.15) is 13.2 Å². The van der Waals surface area contributed by atoms with Crippen LogP contribution in [0.15, 0.2) is 29.3 Å². The lowest BCUT2D eigenvalue weighted by molar-refractivity contribution is -0.132. The Balaban J connectivity index is 0.00000484. The minimum absolute atomic E-state index is 0. The molecule has 1 aromatic carbocycles. The first-order valence-electron chi connectivity index (χ1n) is 7.11. The summed E-state index contributed by atoms with van der Waals surface area (Å²) in [4.78, 5) is 3.86. The molecule has 0 atom stereocenters. The van der Waals surface area contributed by atoms with Crippen molar-refractivity contribution in [2.75, 3.05) is 26.7 Å². The van der Waals surface area contributed by atoms with Crippen molar-refractivity contribution in [2.24, 2.45) is 4.99 Å². The van der Waals surface area contributed by atoms with E-state index in [-0.39, 0.29) is 30.5 Å². The smallest absolute Gasteiger partial charge is 0.390 e. The molecule has 23 heavy (non-hydrogen) atoms. The van der Waals surface area contributed by atoms with Crippen LogP contribution in [-0.2, 0) is 0 Å². The molecule has 0 unspecified atom stereocenters. The number of nitrogens with zero attached hydrogens (tertiary/aromatic N) is 1. The summed E-state index contributed by atoms with van der Waals surface area (Å²) >= 11 is 0. The third-order valence-corrected chi connectivity index (χ3v) is 2.83. The number of aliphatic imine (C=N–C) groups is 1. The van der Waals surface area contributed by atoms with Crippen LogP contribution >= 0.6 is 24.0 Å². The van der Waals surface area contributed by atoms with Crippen LogP contribution in [0.2, 0.25) is 0 Å². The first-order chi connectivity index (χ1) is 10.4. The average molecular weight is 445 g/mol. The highest BCUT2D eigenvalue weighted by Crippen LogP contribution is 2.18. The largest absolute Gasteiger partial charge is 0.494 e. The highest BCUT2D eigenvalue weighted by Gasteiger charge is 2.26. The first-order valence-corrected chi connectivity index (χ1v) is 7.11. The Kier molecular flexibility index (Phi) is 10.8. The topological polar surface area (TPSA) is 45.7 Å². The lowest BCUT2D eigenvalue weighted by Crippen LogP contribution is -2.39. The second kappa shape index (κ2) is 11.4. The van der Waals surface area contributed by atoms with E-state index in [0.717, 1.165) is 5.75 Å². The fourth-order valence-electron chi connectivity index (χ4n) is 1.65. The van der Waals surface area contributed by atoms with Crippen molar-refractivity contribution in [1.82, 2.24) is 10.6 Å². The molecule has 0 heterocycles. The molecule has 0 fully saturated rings. The molecule has 1 rings (SSSR count). The first kappa shape index (κ1) is 21.8. The van der Waals surface area contributed by atoms with E-state index in [1.807, 2.05) is 31.2 Å². The number of aryl methyl sites for hydroxylation is 1. The van der Waals surface area contributed by atoms with E-state index in [1.165, 1.54) is 12.6 Å². The molecule has 0 aliphatic rings. The fraction of sp³-hybridized carbons (Fsp3) is 0.533. The molecule has 0 aromatic heterocycles. The zero-order valence-electron chi connectivity index (χ0n) is 13.2. The van der Waals surface area contributed by atoms with E-state index < -0.39 is 12.6 Å². The summed E-state index contributed by atoms with van der Waals surface area (Å²) in [5, 5.41) is 5.56. The summed E-state index contributed by atoms with van der Waals surface area (Å²) in [5.41, 5.74) is 1.17. The minimum atomic E-state index is -4.16. The Morgan fingerprint density at radius 2 is 1.74 bits per heavy atom. The van der Waals surface area contributed by atoms with Gasteiger partial charge in [0, 0.05) is 20.1 Å². The van der Waals surface area contributed by atoms with Crippen molar-refractivity contribution in [2.45, 2.75) is 25.9 Å². The van der Waals surface area contributed by atoms with Crippen LogP contribution in [0, 0.1) is 6.92 Å². The summed E-state index contributed by atoms with van der Waals surface area (Å²) < 4.78 is 41.6. The Bertz CT molecular complexity index is 464. The van der Waals surface area contributed by atoms with Crippen LogP contribution in [0.5, 0.6) is 5.75 Å². The van der Waals surface area contributed by atoms with Gasteiger partial charge in [0.25, 0.3) is 0 Å². The molecule has 0 saturated carbocycles. The predicted octanol–water partition coefficient (Wildman–Crippen LogP) is 3.50. The van der Waals surface area contributed by atoms with Gasteiger partial charge in [-0.25, -0.2) is 0 Å². The van der Waals surface area contributed by atoms with Crippen LogP contribution in [0.3, 0.4) is 0 Å². The van der Waals surface area contributed by atoms with E-state index in [0.29, 0.717) is 25.5 Å². The number of alkyl halides is 3. The second-order valence-electron chi connectivity index (χ2n) is 4.81. The minimum Gasteiger partial charge on any atom is -0.494 e. The van der Waals surface area contributed by atoms with E-state index >= 15 is 0 Å². The number of rotatable bonds is 7. The van der Waals surface area contributed by atoms with Gasteiger partial charge >= 0.3 is 6.18 Å². The zero-order valence-corrected chi connectivity index (χ0v) is 15.6. The van der Waals surface area contributed by atoms with Crippen LogP contribution in [0.4, 0.5) is 13.2 Å². The molecule has 0 aliphatic heterocycles. The van der Waals surface area contributed by atoms with E-state index in [2.05, 4.69) is 15.6 Å². The van der Waals surface area contributed by atoms with Crippen molar-refractivity contribution in [3.05, 3.63) is 29.8 Å². The molecule has 132 valence electrons. The van der Waals surface area contributed by atoms with Gasteiger partial charge in [-0.3, -0.25) is 4.99 Å². The number of nitrogens with one attached hydrogen (secondary N) is 2. The monoisotopic (exact) mass is 445 g/mol. The van der Waals surface area contributed by atoms with E-state index in [4.69, 9.17) is 4.74 Å². The van der Waals surface area contributed by atoms with Crippen molar-refractivity contribution < 1.29 is 17.9 Å². The number of ether oxygens (including phenoxy) is 1. The lowest BCUT2D eigenvalue weighted by Gasteiger charge is -2.13. The predicted molar refractivity (Wildman–Crippen MR) is 96.7 cm³/mol. The Morgan fingerprint density at radius 1 is 1.13 bits per heavy atom. The summed E-state index contributed by atoms with van der Waals surface area (Å²) in [5.74, 6) is 1.16. The molecule has 0 radical (unpaired) electrons. The summed E-state index contributed by atoms with van der Waals surface area (Å²) in [6.45, 7) is 2.90. The van der Waals surface area contributed by atoms with Gasteiger partial charge in [-0.15, -0.1) is 24.0 Å². The molecule has 0 spiro atoms. The van der Waals surface area contributed by atoms with Gasteiger partial charge < -0.3 is 15.4 Å². The van der Waals surface area contributed by atoms with Crippen LogP contribution in [-0.4, -0.2) is 38.9 Å². The van der Waals surface area contributed by atoms with Crippen LogP contribution in [0.25, 0.3) is 0 Å². The van der Waals surface area contributed by atoms with E-state index in [1.54, 1.807) is 0 Å². The molecular weight excluding hydrogens is 422 g/mol. The maximum Gasteiger partial charge on any atom is 0.390 e. The molecule has 0 bridgehead atoms. The van der Waals surface area contributed by atoms with Gasteiger partial charge in [-0.1, -0.05) is 17.7 Å². The Hall–Kier alpha value is -1.19. The third kappa shape index (κ3) is 11.1. The summed E-state index contributed by atoms with van der Waals surface area (Å²) in [7, 11) is 1.52. The second-order valence-corrected chi connectivity index (χ2v) is 4.81. The molecule has 0 amide bonds. The van der Waals surface area contributed by atoms with Gasteiger partial charge in [0.2, 0.25) is 0 Å². The Morgan fingerprint density at radius 3 is 2.30 bits per heavy atom. The average Bonchev–Trinajstić information content (AvgIpc) is 2.45. The van der Waals surface area contributed by atoms with Gasteiger partial charge in [-0.05, 0) is 25.5 Å². The molecular formula is C15H23F3IN3O. The zero-order chi connectivity index (χ0) is 16.4. The fourth-order valence-corrected chi connectivity index (χ4v) is 1.65. The van der Waals surface area contributed by atoms with Gasteiger partial charge in [0.05, 0.1) is 13.0 Å². The summed E-state index contributed by atoms with van der Waals surface area (Å²) in [6, 6.07) is 7.75. The third-order valence-electron chi connectivity index (χ3n) is 2.83. The van der Waals surface area contributed by atoms with E-state index in [9.17, 15) is 13.2 Å². The molecule has 2 N–H and O–H groups in total. The maximum atomic E-state index is 12.0. The van der Waals surface area contributed by atoms with Crippen LogP contribution in [0.1, 0.15) is 18.4 Å². The number of halogens is 4. The molecule has 0 saturated heterocycles. The highest BCUT2D eigenvalue weighted by atomic mass is 127. The quantitative estimate of drug-likeness (QED) is 0.293. The van der Waals surface area contributed by atoms with Gasteiger partial charge in [0.15, 0.2) is 5.96 Å². The number of hydrogen-bond acceptors (Lipinski definition) is 2. The number of guanidine groups is 1. The lowest BCUT2D eigenvalue weighted by atomic mass is 10.2. The SMILES string of the molecule is CN=C(NCCCOc1ccc(C)cc1)NCCC(F)(F)F.I. The molecule has 8 heteroatoms. The maximum absolute atomic E-state index is 12.0. The summed E-state index contributed by atoms with van der Waals surface area (Å²) in [6.07, 6.45) is -4.33. The van der Waals surface area contributed by atoms with Crippen LogP contribution < -0.4 is 15.4 Å².